The molecule has 166 valence electrons. The molecule has 0 N–H and O–H groups in total. The summed E-state index contributed by atoms with van der Waals surface area (Å²) >= 11 is 0. The Morgan fingerprint density at radius 1 is 0.750 bits per heavy atom. The Morgan fingerprint density at radius 3 is 1.57 bits per heavy atom. The fourth-order valence-corrected chi connectivity index (χ4v) is 5.20. The van der Waals surface area contributed by atoms with Crippen LogP contribution in [0.3, 0.4) is 0 Å². The fourth-order valence-electron chi connectivity index (χ4n) is 4.12. The molecule has 0 aliphatic heterocycles. The Hall–Kier alpha value is -0.240. The molecular weight excluding hydrogens is 365 g/mol. The zero-order chi connectivity index (χ0) is 21.3. The number of rotatable bonds is 19. The van der Waals surface area contributed by atoms with E-state index in [1.54, 1.807) is 0 Å². The summed E-state index contributed by atoms with van der Waals surface area (Å²) in [6, 6.07) is 0. The maximum absolute atomic E-state index is 11.9. The van der Waals surface area contributed by atoms with Crippen LogP contribution in [0.15, 0.2) is 12.2 Å². The van der Waals surface area contributed by atoms with Crippen LogP contribution in [0.25, 0.3) is 0 Å². The van der Waals surface area contributed by atoms with Crippen molar-refractivity contribution < 1.29 is 13.9 Å². The summed E-state index contributed by atoms with van der Waals surface area (Å²) in [5.41, 5.74) is 0. The Labute approximate surface area is 177 Å². The molecule has 0 saturated carbocycles. The Morgan fingerprint density at radius 2 is 1.18 bits per heavy atom. The van der Waals surface area contributed by atoms with Crippen LogP contribution in [0.2, 0.25) is 0 Å². The van der Waals surface area contributed by atoms with Crippen LogP contribution in [0, 0.1) is 0 Å². The van der Waals surface area contributed by atoms with Crippen LogP contribution >= 0.6 is 8.03 Å². The van der Waals surface area contributed by atoms with Crippen molar-refractivity contribution in [3.63, 3.8) is 0 Å². The average molecular weight is 415 g/mol. The largest absolute Gasteiger partial charge is 0.590 e. The summed E-state index contributed by atoms with van der Waals surface area (Å²) in [6.07, 6.45) is 24.2. The highest BCUT2D eigenvalue weighted by Crippen LogP contribution is 2.44. The molecule has 0 amide bonds. The van der Waals surface area contributed by atoms with Gasteiger partial charge in [0.15, 0.2) is 0 Å². The lowest BCUT2D eigenvalue weighted by molar-refractivity contribution is -0.910. The van der Waals surface area contributed by atoms with Gasteiger partial charge < -0.3 is 4.89 Å². The molecule has 0 saturated heterocycles. The van der Waals surface area contributed by atoms with Gasteiger partial charge >= 0.3 is 8.03 Å². The van der Waals surface area contributed by atoms with Crippen molar-refractivity contribution in [3.05, 3.63) is 12.2 Å². The van der Waals surface area contributed by atoms with Crippen molar-refractivity contribution in [2.24, 2.45) is 0 Å². The van der Waals surface area contributed by atoms with Gasteiger partial charge in [-0.15, -0.1) is 0 Å². The number of hydrogen-bond acceptors (Lipinski definition) is 2. The third-order valence-electron chi connectivity index (χ3n) is 6.22. The van der Waals surface area contributed by atoms with E-state index < -0.39 is 13.3 Å². The lowest BCUT2D eigenvalue weighted by Crippen LogP contribution is -2.55. The summed E-state index contributed by atoms with van der Waals surface area (Å²) < 4.78 is 12.4. The van der Waals surface area contributed by atoms with Gasteiger partial charge in [-0.1, -0.05) is 94.8 Å². The second-order valence-electron chi connectivity index (χ2n) is 9.29. The highest BCUT2D eigenvalue weighted by Gasteiger charge is 2.52. The van der Waals surface area contributed by atoms with E-state index in [-0.39, 0.29) is 0 Å². The number of allylic oxidation sites excluding steroid dienone is 2. The zero-order valence-electron chi connectivity index (χ0n) is 19.7. The SMILES string of the molecule is CCC/C=C\CCCCCCCCCCCCCC(CC)([P+](=O)[O-])[N+](C)(C)C. The average Bonchev–Trinajstić information content (AvgIpc) is 2.63. The van der Waals surface area contributed by atoms with Gasteiger partial charge in [0.2, 0.25) is 0 Å². The number of nitrogens with zero attached hydrogens (tertiary/aromatic N) is 1. The van der Waals surface area contributed by atoms with E-state index in [0.29, 0.717) is 10.9 Å². The first-order valence-electron chi connectivity index (χ1n) is 11.9. The Balaban J connectivity index is 3.61. The van der Waals surface area contributed by atoms with Crippen molar-refractivity contribution in [2.75, 3.05) is 21.1 Å². The van der Waals surface area contributed by atoms with E-state index in [0.717, 1.165) is 19.3 Å². The van der Waals surface area contributed by atoms with Crippen molar-refractivity contribution in [3.8, 4) is 0 Å². The summed E-state index contributed by atoms with van der Waals surface area (Å²) in [5.74, 6) is 0. The maximum atomic E-state index is 11.9. The Bertz CT molecular complexity index is 417. The third-order valence-corrected chi connectivity index (χ3v) is 8.04. The first kappa shape index (κ1) is 27.8. The summed E-state index contributed by atoms with van der Waals surface area (Å²) in [5, 5.41) is -0.596. The topological polar surface area (TPSA) is 40.1 Å². The van der Waals surface area contributed by atoms with Crippen molar-refractivity contribution in [1.82, 2.24) is 0 Å². The van der Waals surface area contributed by atoms with Crippen LogP contribution in [-0.2, 0) is 4.57 Å². The van der Waals surface area contributed by atoms with Gasteiger partial charge in [0, 0.05) is 12.8 Å². The molecule has 0 aromatic rings. The van der Waals surface area contributed by atoms with Crippen LogP contribution in [0.5, 0.6) is 0 Å². The van der Waals surface area contributed by atoms with E-state index in [1.807, 2.05) is 28.1 Å². The van der Waals surface area contributed by atoms with Gasteiger partial charge in [0.05, 0.1) is 21.1 Å². The number of quaternary nitrogens is 1. The standard InChI is InChI=1S/C24H49NO2P/c1-6-8-9-10-11-12-13-14-15-16-17-18-19-20-21-22-23-24(7-2,28(26)27)25(3,4)5/h9-10H,6-8,11-23H2,1-5H3/q+1/b10-9-. The van der Waals surface area contributed by atoms with E-state index in [2.05, 4.69) is 19.1 Å². The predicted octanol–water partition coefficient (Wildman–Crippen LogP) is 7.33. The van der Waals surface area contributed by atoms with E-state index in [1.165, 1.54) is 77.0 Å². The van der Waals surface area contributed by atoms with Crippen LogP contribution in [0.1, 0.15) is 117 Å². The van der Waals surface area contributed by atoms with Crippen molar-refractivity contribution in [2.45, 2.75) is 122 Å². The normalized spacial score (nSPS) is 15.1. The van der Waals surface area contributed by atoms with Gasteiger partial charge in [-0.05, 0) is 25.7 Å². The number of hydrogen-bond donors (Lipinski definition) is 0. The lowest BCUT2D eigenvalue weighted by atomic mass is 10.0. The summed E-state index contributed by atoms with van der Waals surface area (Å²) in [4.78, 5) is 11.9. The van der Waals surface area contributed by atoms with E-state index in [9.17, 15) is 9.46 Å². The highest BCUT2D eigenvalue weighted by molar-refractivity contribution is 7.38. The smallest absolute Gasteiger partial charge is 0.376 e. The molecule has 2 unspecified atom stereocenters. The van der Waals surface area contributed by atoms with Gasteiger partial charge in [-0.2, -0.15) is 0 Å². The molecule has 0 fully saturated rings. The fraction of sp³-hybridized carbons (Fsp3) is 0.917. The molecule has 28 heavy (non-hydrogen) atoms. The molecule has 0 bridgehead atoms. The second-order valence-corrected chi connectivity index (χ2v) is 10.6. The van der Waals surface area contributed by atoms with Crippen LogP contribution < -0.4 is 4.89 Å². The van der Waals surface area contributed by atoms with Gasteiger partial charge in [0.1, 0.15) is 0 Å². The molecule has 0 heterocycles. The summed E-state index contributed by atoms with van der Waals surface area (Å²) in [6.45, 7) is 4.24. The molecular formula is C24H49NO2P+. The van der Waals surface area contributed by atoms with E-state index >= 15 is 0 Å². The van der Waals surface area contributed by atoms with Gasteiger partial charge in [-0.3, -0.25) is 4.48 Å². The molecule has 4 heteroatoms. The molecule has 0 aliphatic carbocycles. The van der Waals surface area contributed by atoms with Crippen molar-refractivity contribution in [1.29, 1.82) is 0 Å². The molecule has 0 spiro atoms. The van der Waals surface area contributed by atoms with Crippen LogP contribution in [0.4, 0.5) is 0 Å². The third kappa shape index (κ3) is 11.7. The molecule has 0 aliphatic rings. The minimum absolute atomic E-state index is 0.511. The minimum atomic E-state index is -2.41. The molecule has 0 aromatic heterocycles. The maximum Gasteiger partial charge on any atom is 0.376 e. The molecule has 0 rings (SSSR count). The molecule has 3 nitrogen and oxygen atoms in total. The second kappa shape index (κ2) is 16.5. The quantitative estimate of drug-likeness (QED) is 0.0960. The molecule has 0 aromatic carbocycles. The molecule has 2 atom stereocenters. The monoisotopic (exact) mass is 414 g/mol. The number of unbranched alkanes of at least 4 members (excludes halogenated alkanes) is 12. The lowest BCUT2D eigenvalue weighted by Gasteiger charge is -2.39. The first-order valence-corrected chi connectivity index (χ1v) is 13.1. The van der Waals surface area contributed by atoms with E-state index in [4.69, 9.17) is 0 Å². The minimum Gasteiger partial charge on any atom is -0.590 e. The predicted molar refractivity (Wildman–Crippen MR) is 123 cm³/mol. The molecule has 0 radical (unpaired) electrons. The highest BCUT2D eigenvalue weighted by atomic mass is 31.1. The zero-order valence-corrected chi connectivity index (χ0v) is 20.6. The van der Waals surface area contributed by atoms with Gasteiger partial charge in [-0.25, -0.2) is 0 Å². The first-order chi connectivity index (χ1) is 13.3. The Kier molecular flexibility index (Phi) is 16.4. The van der Waals surface area contributed by atoms with Crippen molar-refractivity contribution >= 4 is 8.03 Å². The summed E-state index contributed by atoms with van der Waals surface area (Å²) in [7, 11) is 3.62. The van der Waals surface area contributed by atoms with Gasteiger partial charge in [0.25, 0.3) is 5.28 Å². The van der Waals surface area contributed by atoms with Crippen LogP contribution in [-0.4, -0.2) is 30.9 Å².